The summed E-state index contributed by atoms with van der Waals surface area (Å²) in [5, 5.41) is 20.1. The number of rotatable bonds is 0. The van der Waals surface area contributed by atoms with Crippen LogP contribution in [0.5, 0.6) is 11.5 Å². The molecule has 0 saturated carbocycles. The van der Waals surface area contributed by atoms with E-state index in [2.05, 4.69) is 0 Å². The van der Waals surface area contributed by atoms with Crippen molar-refractivity contribution in [1.29, 1.82) is 0 Å². The Hall–Kier alpha value is -1.71. The summed E-state index contributed by atoms with van der Waals surface area (Å²) in [7, 11) is 0. The molecule has 2 aromatic rings. The number of aromatic hydroxyl groups is 2. The molecule has 1 aliphatic heterocycles. The number of hydrogen-bond donors (Lipinski definition) is 2. The van der Waals surface area contributed by atoms with E-state index in [4.69, 9.17) is 4.11 Å². The lowest BCUT2D eigenvalue weighted by molar-refractivity contribution is 0.228. The zero-order valence-electron chi connectivity index (χ0n) is 14.3. The van der Waals surface area contributed by atoms with Crippen molar-refractivity contribution in [2.45, 2.75) is 18.9 Å². The van der Waals surface area contributed by atoms with E-state index in [0.29, 0.717) is 24.9 Å². The first-order valence-electron chi connectivity index (χ1n) is 8.30. The van der Waals surface area contributed by atoms with Gasteiger partial charge in [0.15, 0.2) is 11.5 Å². The van der Waals surface area contributed by atoms with Crippen LogP contribution in [0, 0.1) is 0 Å². The summed E-state index contributed by atoms with van der Waals surface area (Å²) in [6.07, 6.45) is 1.19. The molecule has 1 atom stereocenters. The van der Waals surface area contributed by atoms with Crippen molar-refractivity contribution in [1.82, 2.24) is 4.90 Å². The zero-order valence-corrected chi connectivity index (χ0v) is 12.2. The van der Waals surface area contributed by atoms with E-state index in [1.807, 2.05) is 18.2 Å². The van der Waals surface area contributed by atoms with E-state index in [9.17, 15) is 10.2 Å². The number of phenols is 2. The number of halogens is 1. The molecule has 0 bridgehead atoms. The first-order valence-corrected chi connectivity index (χ1v) is 6.80. The third kappa shape index (κ3) is 1.92. The van der Waals surface area contributed by atoms with Gasteiger partial charge in [0.1, 0.15) is 0 Å². The summed E-state index contributed by atoms with van der Waals surface area (Å²) < 4.78 is 23.5. The van der Waals surface area contributed by atoms with Crippen LogP contribution in [0.4, 0.5) is 0 Å². The molecular weight excluding hydrogens is 286 g/mol. The van der Waals surface area contributed by atoms with Gasteiger partial charge in [0.25, 0.3) is 0 Å². The molecule has 1 aliphatic carbocycles. The Kier molecular flexibility index (Phi) is 2.57. The monoisotopic (exact) mass is 306 g/mol. The van der Waals surface area contributed by atoms with Gasteiger partial charge in [-0.1, -0.05) is 24.3 Å². The maximum atomic E-state index is 10.3. The molecule has 2 aromatic carbocycles. The van der Waals surface area contributed by atoms with Crippen LogP contribution in [-0.2, 0) is 12.8 Å². The average Bonchev–Trinajstić information content (AvgIpc) is 2.50. The summed E-state index contributed by atoms with van der Waals surface area (Å²) in [5.74, 6) is -0.274. The second-order valence-electron chi connectivity index (χ2n) is 5.51. The number of hydrogen-bond acceptors (Lipinski definition) is 3. The van der Waals surface area contributed by atoms with E-state index >= 15 is 0 Å². The maximum absolute atomic E-state index is 10.3. The van der Waals surface area contributed by atoms with Crippen LogP contribution >= 0.6 is 12.4 Å². The fraction of sp³-hybridized carbons (Fsp3) is 0.294. The van der Waals surface area contributed by atoms with Crippen LogP contribution in [0.3, 0.4) is 0 Å². The number of fused-ring (bicyclic) bond motifs is 2. The molecule has 0 saturated heterocycles. The van der Waals surface area contributed by atoms with Crippen molar-refractivity contribution >= 4 is 12.4 Å². The summed E-state index contributed by atoms with van der Waals surface area (Å²) in [6.45, 7) is -1.65. The van der Waals surface area contributed by atoms with Gasteiger partial charge >= 0.3 is 0 Å². The number of benzene rings is 2. The van der Waals surface area contributed by atoms with E-state index in [1.54, 1.807) is 11.0 Å². The highest BCUT2D eigenvalue weighted by Crippen LogP contribution is 2.49. The fourth-order valence-electron chi connectivity index (χ4n) is 3.51. The van der Waals surface area contributed by atoms with Gasteiger partial charge in [-0.25, -0.2) is 0 Å². The third-order valence-corrected chi connectivity index (χ3v) is 4.45. The number of nitrogens with zero attached hydrogens (tertiary/aromatic N) is 1. The lowest BCUT2D eigenvalue weighted by Gasteiger charge is -2.39. The highest BCUT2D eigenvalue weighted by atomic mass is 35.5. The van der Waals surface area contributed by atoms with Gasteiger partial charge in [-0.2, -0.15) is 0 Å². The molecule has 21 heavy (non-hydrogen) atoms. The highest BCUT2D eigenvalue weighted by Gasteiger charge is 2.33. The molecule has 0 amide bonds. The Balaban J connectivity index is 0.00000169. The maximum Gasteiger partial charge on any atom is 0.165 e. The normalized spacial score (nSPS) is 22.1. The van der Waals surface area contributed by atoms with Crippen LogP contribution in [0.15, 0.2) is 30.3 Å². The van der Waals surface area contributed by atoms with Crippen molar-refractivity contribution in [2.75, 3.05) is 13.5 Å². The smallest absolute Gasteiger partial charge is 0.165 e. The molecule has 0 aromatic heterocycles. The SMILES string of the molecule is Cl.[2H]C([2H])([2H])N1CCc2cccc3c2[C@@H]1Cc1ccc(O)c(O)c1-3. The summed E-state index contributed by atoms with van der Waals surface area (Å²) in [6, 6.07) is 8.85. The fourth-order valence-corrected chi connectivity index (χ4v) is 3.51. The number of likely N-dealkylation sites (N-methyl/N-ethyl adjacent to an activating group) is 1. The molecule has 0 fully saturated rings. The first-order chi connectivity index (χ1) is 10.9. The Bertz CT molecular complexity index is 807. The third-order valence-electron chi connectivity index (χ3n) is 4.45. The predicted molar refractivity (Wildman–Crippen MR) is 85.2 cm³/mol. The Morgan fingerprint density at radius 2 is 2.05 bits per heavy atom. The molecule has 2 N–H and O–H groups in total. The molecule has 3 nitrogen and oxygen atoms in total. The number of phenolic OH excluding ortho intramolecular Hbond substituents is 2. The lowest BCUT2D eigenvalue weighted by atomic mass is 9.77. The summed E-state index contributed by atoms with van der Waals surface area (Å²) >= 11 is 0. The van der Waals surface area contributed by atoms with Crippen LogP contribution in [-0.4, -0.2) is 28.6 Å². The van der Waals surface area contributed by atoms with E-state index in [1.165, 1.54) is 6.07 Å². The van der Waals surface area contributed by atoms with Crippen LogP contribution < -0.4 is 0 Å². The minimum atomic E-state index is -2.15. The molecule has 2 aliphatic rings. The molecule has 0 spiro atoms. The molecule has 1 heterocycles. The predicted octanol–water partition coefficient (Wildman–Crippen LogP) is 3.27. The largest absolute Gasteiger partial charge is 0.504 e. The van der Waals surface area contributed by atoms with Gasteiger partial charge in [-0.3, -0.25) is 4.90 Å². The van der Waals surface area contributed by atoms with Gasteiger partial charge in [-0.15, -0.1) is 12.4 Å². The molecule has 0 radical (unpaired) electrons. The molecule has 4 rings (SSSR count). The van der Waals surface area contributed by atoms with E-state index in [0.717, 1.165) is 22.3 Å². The quantitative estimate of drug-likeness (QED) is 0.734. The summed E-state index contributed by atoms with van der Waals surface area (Å²) in [4.78, 5) is 1.58. The van der Waals surface area contributed by atoms with Crippen molar-refractivity contribution in [3.63, 3.8) is 0 Å². The minimum Gasteiger partial charge on any atom is -0.504 e. The lowest BCUT2D eigenvalue weighted by Crippen LogP contribution is -2.35. The van der Waals surface area contributed by atoms with E-state index < -0.39 is 6.98 Å². The van der Waals surface area contributed by atoms with Gasteiger partial charge in [0.05, 0.1) is 0 Å². The van der Waals surface area contributed by atoms with Crippen molar-refractivity contribution in [3.8, 4) is 22.6 Å². The summed E-state index contributed by atoms with van der Waals surface area (Å²) in [5.41, 5.74) is 4.43. The van der Waals surface area contributed by atoms with Gasteiger partial charge in [-0.05, 0) is 48.1 Å². The average molecular weight is 307 g/mol. The Labute approximate surface area is 134 Å². The first kappa shape index (κ1) is 10.9. The van der Waals surface area contributed by atoms with E-state index in [-0.39, 0.29) is 29.9 Å². The van der Waals surface area contributed by atoms with Crippen molar-refractivity contribution in [2.24, 2.45) is 0 Å². The minimum absolute atomic E-state index is 0. The van der Waals surface area contributed by atoms with Crippen molar-refractivity contribution < 1.29 is 14.3 Å². The molecular formula is C17H18ClNO2. The molecule has 4 heteroatoms. The van der Waals surface area contributed by atoms with Gasteiger partial charge in [0.2, 0.25) is 0 Å². The van der Waals surface area contributed by atoms with Gasteiger partial charge < -0.3 is 10.2 Å². The Morgan fingerprint density at radius 1 is 1.19 bits per heavy atom. The molecule has 110 valence electrons. The van der Waals surface area contributed by atoms with Crippen molar-refractivity contribution in [3.05, 3.63) is 47.0 Å². The topological polar surface area (TPSA) is 43.7 Å². The van der Waals surface area contributed by atoms with Crippen LogP contribution in [0.25, 0.3) is 11.1 Å². The zero-order chi connectivity index (χ0) is 16.4. The van der Waals surface area contributed by atoms with Crippen LogP contribution in [0.1, 0.15) is 26.8 Å². The second-order valence-corrected chi connectivity index (χ2v) is 5.51. The second kappa shape index (κ2) is 4.93. The Morgan fingerprint density at radius 3 is 2.86 bits per heavy atom. The standard InChI is InChI=1S/C17H17NO2.ClH/c1-18-8-7-10-3-2-4-12-15(10)13(18)9-11-5-6-14(19)17(20)16(11)12;/h2-6,13,19-20H,7-9H2,1H3;1H/t13-;/m0./s1/i1D3;. The van der Waals surface area contributed by atoms with Crippen LogP contribution in [0.2, 0.25) is 0 Å². The van der Waals surface area contributed by atoms with Gasteiger partial charge in [0, 0.05) is 22.3 Å². The highest BCUT2D eigenvalue weighted by molar-refractivity contribution is 5.85. The molecule has 0 unspecified atom stereocenters.